The van der Waals surface area contributed by atoms with E-state index < -0.39 is 35.3 Å². The summed E-state index contributed by atoms with van der Waals surface area (Å²) in [6, 6.07) is 7.73. The van der Waals surface area contributed by atoms with Gasteiger partial charge < -0.3 is 15.3 Å². The minimum atomic E-state index is -3.71. The minimum Gasteiger partial charge on any atom is -0.396 e. The number of sulfonamides is 1. The van der Waals surface area contributed by atoms with E-state index in [0.29, 0.717) is 0 Å². The fourth-order valence-electron chi connectivity index (χ4n) is 1.25. The van der Waals surface area contributed by atoms with Gasteiger partial charge in [-0.1, -0.05) is 18.2 Å². The van der Waals surface area contributed by atoms with Gasteiger partial charge in [-0.3, -0.25) is 0 Å². The average Bonchev–Trinajstić information content (AvgIpc) is 2.42. The van der Waals surface area contributed by atoms with Gasteiger partial charge in [-0.2, -0.15) is 0 Å². The smallest absolute Gasteiger partial charge is 0.240 e. The van der Waals surface area contributed by atoms with Gasteiger partial charge in [0, 0.05) is 6.54 Å². The number of hydrogen-bond acceptors (Lipinski definition) is 5. The molecule has 1 aromatic rings. The second kappa shape index (κ2) is 6.26. The third-order valence-electron chi connectivity index (χ3n) is 2.70. The number of nitrogens with one attached hydrogen (secondary N) is 1. The van der Waals surface area contributed by atoms with Crippen LogP contribution in [0.3, 0.4) is 0 Å². The highest BCUT2D eigenvalue weighted by Gasteiger charge is 2.30. The second-order valence-electron chi connectivity index (χ2n) is 4.11. The van der Waals surface area contributed by atoms with E-state index in [0.717, 1.165) is 0 Å². The van der Waals surface area contributed by atoms with Crippen molar-refractivity contribution < 1.29 is 23.7 Å². The predicted octanol–water partition coefficient (Wildman–Crippen LogP) is -1.07. The van der Waals surface area contributed by atoms with Gasteiger partial charge in [0.25, 0.3) is 0 Å². The van der Waals surface area contributed by atoms with E-state index in [1.54, 1.807) is 18.2 Å². The van der Waals surface area contributed by atoms with E-state index >= 15 is 0 Å². The van der Waals surface area contributed by atoms with Gasteiger partial charge in [0.1, 0.15) is 0 Å². The maximum Gasteiger partial charge on any atom is 0.240 e. The van der Waals surface area contributed by atoms with Crippen LogP contribution in [0.1, 0.15) is 0 Å². The Balaban J connectivity index is 2.79. The van der Waals surface area contributed by atoms with Crippen molar-refractivity contribution in [3.05, 3.63) is 30.3 Å². The van der Waals surface area contributed by atoms with E-state index in [2.05, 4.69) is 4.72 Å². The standard InChI is InChI=1S/C11H17NO5S/c13-7-11(8-14,9-15)6-12-18(16,17)10-4-2-1-3-5-10/h1-5,12-15H,6-9H2. The van der Waals surface area contributed by atoms with Gasteiger partial charge in [-0.15, -0.1) is 0 Å². The Kier molecular flexibility index (Phi) is 5.24. The first-order chi connectivity index (χ1) is 8.49. The Morgan fingerprint density at radius 1 is 1.00 bits per heavy atom. The van der Waals surface area contributed by atoms with Crippen LogP contribution in [0.15, 0.2) is 35.2 Å². The van der Waals surface area contributed by atoms with Crippen LogP contribution < -0.4 is 4.72 Å². The fraction of sp³-hybridized carbons (Fsp3) is 0.455. The van der Waals surface area contributed by atoms with Crippen LogP contribution in [0.25, 0.3) is 0 Å². The van der Waals surface area contributed by atoms with Crippen molar-refractivity contribution in [1.82, 2.24) is 4.72 Å². The molecule has 0 aliphatic rings. The lowest BCUT2D eigenvalue weighted by molar-refractivity contribution is 0.0101. The topological polar surface area (TPSA) is 107 Å². The summed E-state index contributed by atoms with van der Waals surface area (Å²) in [5.74, 6) is 0. The highest BCUT2D eigenvalue weighted by molar-refractivity contribution is 7.89. The molecule has 18 heavy (non-hydrogen) atoms. The number of aliphatic hydroxyl groups is 3. The van der Waals surface area contributed by atoms with E-state index in [9.17, 15) is 8.42 Å². The van der Waals surface area contributed by atoms with Crippen LogP contribution in [0.5, 0.6) is 0 Å². The SMILES string of the molecule is O=S(=O)(NCC(CO)(CO)CO)c1ccccc1. The van der Waals surface area contributed by atoms with Gasteiger partial charge in [-0.25, -0.2) is 13.1 Å². The van der Waals surface area contributed by atoms with Gasteiger partial charge in [-0.05, 0) is 12.1 Å². The largest absolute Gasteiger partial charge is 0.396 e. The molecule has 1 aromatic carbocycles. The van der Waals surface area contributed by atoms with Crippen molar-refractivity contribution >= 4 is 10.0 Å². The first kappa shape index (κ1) is 15.1. The molecule has 1 rings (SSSR count). The summed E-state index contributed by atoms with van der Waals surface area (Å²) in [6.45, 7) is -1.79. The first-order valence-electron chi connectivity index (χ1n) is 5.37. The maximum absolute atomic E-state index is 11.9. The Labute approximate surface area is 106 Å². The molecule has 0 bridgehead atoms. The van der Waals surface area contributed by atoms with Gasteiger partial charge in [0.05, 0.1) is 30.1 Å². The van der Waals surface area contributed by atoms with Crippen molar-refractivity contribution in [2.24, 2.45) is 5.41 Å². The van der Waals surface area contributed by atoms with Crippen molar-refractivity contribution in [2.45, 2.75) is 4.90 Å². The lowest BCUT2D eigenvalue weighted by atomic mass is 9.92. The summed E-state index contributed by atoms with van der Waals surface area (Å²) in [5.41, 5.74) is -1.26. The zero-order chi connectivity index (χ0) is 13.6. The molecule has 4 N–H and O–H groups in total. The number of aliphatic hydroxyl groups excluding tert-OH is 3. The van der Waals surface area contributed by atoms with Crippen LogP contribution in [0, 0.1) is 5.41 Å². The summed E-state index contributed by atoms with van der Waals surface area (Å²) in [7, 11) is -3.71. The van der Waals surface area contributed by atoms with Gasteiger partial charge >= 0.3 is 0 Å². The van der Waals surface area contributed by atoms with Crippen LogP contribution in [0.4, 0.5) is 0 Å². The Bertz CT molecular complexity index is 447. The quantitative estimate of drug-likeness (QED) is 0.507. The Hall–Kier alpha value is -0.990. The lowest BCUT2D eigenvalue weighted by Crippen LogP contribution is -2.45. The average molecular weight is 275 g/mol. The maximum atomic E-state index is 11.9. The molecule has 0 heterocycles. The molecule has 0 saturated carbocycles. The van der Waals surface area contributed by atoms with Gasteiger partial charge in [0.15, 0.2) is 0 Å². The van der Waals surface area contributed by atoms with E-state index in [4.69, 9.17) is 15.3 Å². The van der Waals surface area contributed by atoms with Crippen LogP contribution in [0.2, 0.25) is 0 Å². The van der Waals surface area contributed by atoms with Crippen LogP contribution in [-0.2, 0) is 10.0 Å². The number of hydrogen-bond donors (Lipinski definition) is 4. The zero-order valence-corrected chi connectivity index (χ0v) is 10.6. The minimum absolute atomic E-state index is 0.0905. The third kappa shape index (κ3) is 3.50. The summed E-state index contributed by atoms with van der Waals surface area (Å²) in [5, 5.41) is 27.3. The molecule has 0 atom stereocenters. The summed E-state index contributed by atoms with van der Waals surface area (Å²) < 4.78 is 26.0. The molecule has 102 valence electrons. The molecule has 0 spiro atoms. The first-order valence-corrected chi connectivity index (χ1v) is 6.85. The predicted molar refractivity (Wildman–Crippen MR) is 65.3 cm³/mol. The monoisotopic (exact) mass is 275 g/mol. The highest BCUT2D eigenvalue weighted by Crippen LogP contribution is 2.15. The normalized spacial score (nSPS) is 12.6. The molecule has 6 nitrogen and oxygen atoms in total. The van der Waals surface area contributed by atoms with Crippen molar-refractivity contribution in [1.29, 1.82) is 0 Å². The van der Waals surface area contributed by atoms with Crippen molar-refractivity contribution in [2.75, 3.05) is 26.4 Å². The van der Waals surface area contributed by atoms with E-state index in [1.807, 2.05) is 0 Å². The van der Waals surface area contributed by atoms with Crippen molar-refractivity contribution in [3.63, 3.8) is 0 Å². The Morgan fingerprint density at radius 3 is 1.94 bits per heavy atom. The molecular formula is C11H17NO5S. The van der Waals surface area contributed by atoms with Crippen molar-refractivity contribution in [3.8, 4) is 0 Å². The molecule has 0 unspecified atom stereocenters. The molecule has 7 heteroatoms. The molecule has 0 aliphatic carbocycles. The number of benzene rings is 1. The fourth-order valence-corrected chi connectivity index (χ4v) is 2.43. The lowest BCUT2D eigenvalue weighted by Gasteiger charge is -2.27. The molecule has 0 aromatic heterocycles. The summed E-state index contributed by atoms with van der Waals surface area (Å²) in [4.78, 5) is 0.0905. The van der Waals surface area contributed by atoms with E-state index in [1.165, 1.54) is 12.1 Å². The highest BCUT2D eigenvalue weighted by atomic mass is 32.2. The summed E-state index contributed by atoms with van der Waals surface area (Å²) >= 11 is 0. The number of rotatable bonds is 7. The van der Waals surface area contributed by atoms with Gasteiger partial charge in [0.2, 0.25) is 10.0 Å². The third-order valence-corrected chi connectivity index (χ3v) is 4.11. The summed E-state index contributed by atoms with van der Waals surface area (Å²) in [6.07, 6.45) is 0. The molecule has 0 aliphatic heterocycles. The van der Waals surface area contributed by atoms with Crippen LogP contribution >= 0.6 is 0 Å². The van der Waals surface area contributed by atoms with Crippen LogP contribution in [-0.4, -0.2) is 50.1 Å². The molecular weight excluding hydrogens is 258 g/mol. The molecule has 0 radical (unpaired) electrons. The molecule has 0 amide bonds. The molecule has 0 saturated heterocycles. The Morgan fingerprint density at radius 2 is 1.50 bits per heavy atom. The van der Waals surface area contributed by atoms with E-state index in [-0.39, 0.29) is 11.4 Å². The molecule has 0 fully saturated rings. The zero-order valence-electron chi connectivity index (χ0n) is 9.78. The second-order valence-corrected chi connectivity index (χ2v) is 5.88.